The lowest BCUT2D eigenvalue weighted by Crippen LogP contribution is -2.40. The van der Waals surface area contributed by atoms with Crippen LogP contribution in [-0.4, -0.2) is 33.9 Å². The molecule has 0 N–H and O–H groups in total. The number of piperidine rings is 1. The SMILES string of the molecule is Cc1ccc(Oc2nccnc2[C@H]2CCCN(C(=O)C3CC3)C2)cc1. The Hall–Kier alpha value is -2.43. The zero-order valence-electron chi connectivity index (χ0n) is 14.5. The number of aromatic nitrogens is 2. The van der Waals surface area contributed by atoms with Crippen molar-refractivity contribution in [2.45, 2.75) is 38.5 Å². The van der Waals surface area contributed by atoms with Gasteiger partial charge < -0.3 is 9.64 Å². The van der Waals surface area contributed by atoms with Crippen LogP contribution in [0.1, 0.15) is 42.9 Å². The van der Waals surface area contributed by atoms with Crippen LogP contribution in [0.4, 0.5) is 0 Å². The van der Waals surface area contributed by atoms with Gasteiger partial charge in [-0.15, -0.1) is 0 Å². The standard InChI is InChI=1S/C20H23N3O2/c1-14-4-8-17(9-5-14)25-19-18(21-10-11-22-19)16-3-2-12-23(13-16)20(24)15-6-7-15/h4-5,8-11,15-16H,2-3,6-7,12-13H2,1H3/t16-/m0/s1. The molecule has 0 spiro atoms. The smallest absolute Gasteiger partial charge is 0.241 e. The van der Waals surface area contributed by atoms with Gasteiger partial charge in [0.15, 0.2) is 0 Å². The Bertz CT molecular complexity index is 756. The quantitative estimate of drug-likeness (QED) is 0.854. The molecule has 130 valence electrons. The molecule has 4 rings (SSSR count). The highest BCUT2D eigenvalue weighted by Gasteiger charge is 2.36. The Labute approximate surface area is 148 Å². The van der Waals surface area contributed by atoms with Gasteiger partial charge in [0.1, 0.15) is 11.4 Å². The van der Waals surface area contributed by atoms with Crippen LogP contribution in [0.3, 0.4) is 0 Å². The van der Waals surface area contributed by atoms with E-state index in [1.54, 1.807) is 12.4 Å². The van der Waals surface area contributed by atoms with E-state index in [1.165, 1.54) is 5.56 Å². The summed E-state index contributed by atoms with van der Waals surface area (Å²) in [4.78, 5) is 23.4. The van der Waals surface area contributed by atoms with Gasteiger partial charge in [-0.1, -0.05) is 17.7 Å². The average Bonchev–Trinajstić information content (AvgIpc) is 3.49. The number of benzene rings is 1. The van der Waals surface area contributed by atoms with Gasteiger partial charge >= 0.3 is 0 Å². The Morgan fingerprint density at radius 3 is 2.64 bits per heavy atom. The third-order valence-electron chi connectivity index (χ3n) is 4.97. The number of hydrogen-bond donors (Lipinski definition) is 0. The van der Waals surface area contributed by atoms with Crippen LogP contribution in [0, 0.1) is 12.8 Å². The molecule has 2 heterocycles. The minimum Gasteiger partial charge on any atom is -0.437 e. The Kier molecular flexibility index (Phi) is 4.38. The van der Waals surface area contributed by atoms with E-state index >= 15 is 0 Å². The van der Waals surface area contributed by atoms with Crippen molar-refractivity contribution in [3.8, 4) is 11.6 Å². The highest BCUT2D eigenvalue weighted by Crippen LogP contribution is 2.36. The first-order valence-electron chi connectivity index (χ1n) is 9.05. The van der Waals surface area contributed by atoms with E-state index in [9.17, 15) is 4.79 Å². The molecule has 2 fully saturated rings. The van der Waals surface area contributed by atoms with Gasteiger partial charge in [-0.25, -0.2) is 4.98 Å². The predicted molar refractivity (Wildman–Crippen MR) is 94.6 cm³/mol. The van der Waals surface area contributed by atoms with Crippen molar-refractivity contribution in [3.63, 3.8) is 0 Å². The second kappa shape index (κ2) is 6.82. The molecule has 5 heteroatoms. The van der Waals surface area contributed by atoms with Crippen molar-refractivity contribution in [2.75, 3.05) is 13.1 Å². The number of nitrogens with zero attached hydrogens (tertiary/aromatic N) is 3. The number of ether oxygens (including phenoxy) is 1. The number of hydrogen-bond acceptors (Lipinski definition) is 4. The van der Waals surface area contributed by atoms with Crippen LogP contribution in [0.5, 0.6) is 11.6 Å². The van der Waals surface area contributed by atoms with Gasteiger partial charge in [0.2, 0.25) is 11.8 Å². The number of rotatable bonds is 4. The molecule has 1 saturated heterocycles. The summed E-state index contributed by atoms with van der Waals surface area (Å²) in [6, 6.07) is 7.92. The molecular formula is C20H23N3O2. The fourth-order valence-electron chi connectivity index (χ4n) is 3.40. The number of carbonyl (C=O) groups is 1. The van der Waals surface area contributed by atoms with Gasteiger partial charge in [0.25, 0.3) is 0 Å². The van der Waals surface area contributed by atoms with Gasteiger partial charge in [0, 0.05) is 37.3 Å². The molecule has 1 amide bonds. The molecule has 1 aliphatic carbocycles. The largest absolute Gasteiger partial charge is 0.437 e. The maximum Gasteiger partial charge on any atom is 0.241 e. The summed E-state index contributed by atoms with van der Waals surface area (Å²) in [5, 5.41) is 0. The van der Waals surface area contributed by atoms with Crippen LogP contribution < -0.4 is 4.74 Å². The maximum atomic E-state index is 12.4. The highest BCUT2D eigenvalue weighted by atomic mass is 16.5. The average molecular weight is 337 g/mol. The molecular weight excluding hydrogens is 314 g/mol. The van der Waals surface area contributed by atoms with Crippen LogP contribution in [-0.2, 0) is 4.79 Å². The first-order chi connectivity index (χ1) is 12.2. The Balaban J connectivity index is 1.53. The van der Waals surface area contributed by atoms with Crippen LogP contribution in [0.15, 0.2) is 36.7 Å². The molecule has 1 atom stereocenters. The summed E-state index contributed by atoms with van der Waals surface area (Å²) in [6.45, 7) is 3.63. The summed E-state index contributed by atoms with van der Waals surface area (Å²) >= 11 is 0. The van der Waals surface area contributed by atoms with E-state index in [2.05, 4.69) is 9.97 Å². The van der Waals surface area contributed by atoms with E-state index < -0.39 is 0 Å². The number of carbonyl (C=O) groups excluding carboxylic acids is 1. The summed E-state index contributed by atoms with van der Waals surface area (Å²) < 4.78 is 6.00. The molecule has 1 aromatic heterocycles. The molecule has 1 saturated carbocycles. The zero-order chi connectivity index (χ0) is 17.2. The van der Waals surface area contributed by atoms with E-state index in [-0.39, 0.29) is 11.8 Å². The minimum atomic E-state index is 0.186. The van der Waals surface area contributed by atoms with Gasteiger partial charge in [-0.3, -0.25) is 9.78 Å². The molecule has 2 aromatic rings. The number of amides is 1. The van der Waals surface area contributed by atoms with Gasteiger partial charge in [-0.05, 0) is 44.7 Å². The predicted octanol–water partition coefficient (Wildman–Crippen LogP) is 3.69. The monoisotopic (exact) mass is 337 g/mol. The minimum absolute atomic E-state index is 0.186. The van der Waals surface area contributed by atoms with Crippen molar-refractivity contribution in [3.05, 3.63) is 47.9 Å². The molecule has 1 aromatic carbocycles. The topological polar surface area (TPSA) is 55.3 Å². The molecule has 0 unspecified atom stereocenters. The molecule has 0 bridgehead atoms. The molecule has 5 nitrogen and oxygen atoms in total. The van der Waals surface area contributed by atoms with Crippen molar-refractivity contribution < 1.29 is 9.53 Å². The van der Waals surface area contributed by atoms with Crippen molar-refractivity contribution >= 4 is 5.91 Å². The van der Waals surface area contributed by atoms with Crippen LogP contribution >= 0.6 is 0 Å². The van der Waals surface area contributed by atoms with E-state index in [0.717, 1.165) is 50.2 Å². The summed E-state index contributed by atoms with van der Waals surface area (Å²) in [6.07, 6.45) is 7.48. The van der Waals surface area contributed by atoms with E-state index in [1.807, 2.05) is 36.1 Å². The third kappa shape index (κ3) is 3.65. The van der Waals surface area contributed by atoms with Gasteiger partial charge in [0.05, 0.1) is 0 Å². The second-order valence-corrected chi connectivity index (χ2v) is 7.06. The van der Waals surface area contributed by atoms with Crippen LogP contribution in [0.2, 0.25) is 0 Å². The van der Waals surface area contributed by atoms with Crippen molar-refractivity contribution in [1.29, 1.82) is 0 Å². The normalized spacial score (nSPS) is 20.4. The summed E-state index contributed by atoms with van der Waals surface area (Å²) in [5.41, 5.74) is 2.05. The van der Waals surface area contributed by atoms with Crippen molar-refractivity contribution in [1.82, 2.24) is 14.9 Å². The first-order valence-corrected chi connectivity index (χ1v) is 9.05. The van der Waals surface area contributed by atoms with Crippen molar-refractivity contribution in [2.24, 2.45) is 5.92 Å². The fraction of sp³-hybridized carbons (Fsp3) is 0.450. The molecule has 0 radical (unpaired) electrons. The number of aryl methyl sites for hydroxylation is 1. The molecule has 25 heavy (non-hydrogen) atoms. The van der Waals surface area contributed by atoms with E-state index in [0.29, 0.717) is 11.8 Å². The zero-order valence-corrected chi connectivity index (χ0v) is 14.5. The Morgan fingerprint density at radius 2 is 1.88 bits per heavy atom. The number of likely N-dealkylation sites (tertiary alicyclic amines) is 1. The lowest BCUT2D eigenvalue weighted by molar-refractivity contribution is -0.133. The summed E-state index contributed by atoms with van der Waals surface area (Å²) in [7, 11) is 0. The van der Waals surface area contributed by atoms with Crippen LogP contribution in [0.25, 0.3) is 0 Å². The lowest BCUT2D eigenvalue weighted by atomic mass is 9.94. The Morgan fingerprint density at radius 1 is 1.12 bits per heavy atom. The van der Waals surface area contributed by atoms with Gasteiger partial charge in [-0.2, -0.15) is 0 Å². The first kappa shape index (κ1) is 16.1. The lowest BCUT2D eigenvalue weighted by Gasteiger charge is -2.33. The molecule has 2 aliphatic rings. The molecule has 1 aliphatic heterocycles. The maximum absolute atomic E-state index is 12.4. The van der Waals surface area contributed by atoms with E-state index in [4.69, 9.17) is 4.74 Å². The highest BCUT2D eigenvalue weighted by molar-refractivity contribution is 5.81. The second-order valence-electron chi connectivity index (χ2n) is 7.06. The fourth-order valence-corrected chi connectivity index (χ4v) is 3.40. The summed E-state index contributed by atoms with van der Waals surface area (Å²) in [5.74, 6) is 2.08. The third-order valence-corrected chi connectivity index (χ3v) is 4.97.